The second-order valence-electron chi connectivity index (χ2n) is 5.90. The summed E-state index contributed by atoms with van der Waals surface area (Å²) in [5.41, 5.74) is 1.26. The van der Waals surface area contributed by atoms with Crippen LogP contribution in [0.25, 0.3) is 0 Å². The van der Waals surface area contributed by atoms with E-state index in [9.17, 15) is 0 Å². The molecule has 0 saturated heterocycles. The van der Waals surface area contributed by atoms with Crippen molar-refractivity contribution in [2.24, 2.45) is 5.92 Å². The fourth-order valence-electron chi connectivity index (χ4n) is 2.40. The van der Waals surface area contributed by atoms with Crippen molar-refractivity contribution in [3.63, 3.8) is 0 Å². The molecule has 106 valence electrons. The van der Waals surface area contributed by atoms with Gasteiger partial charge in [-0.3, -0.25) is 0 Å². The molecular weight excluding hydrogens is 234 g/mol. The largest absolute Gasteiger partial charge is 0.357 e. The molecule has 1 N–H and O–H groups in total. The fourth-order valence-corrected chi connectivity index (χ4v) is 2.40. The third kappa shape index (κ3) is 4.20. The molecule has 1 aliphatic carbocycles. The summed E-state index contributed by atoms with van der Waals surface area (Å²) in [4.78, 5) is 7.03. The molecule has 1 aliphatic rings. The quantitative estimate of drug-likeness (QED) is 0.817. The van der Waals surface area contributed by atoms with Gasteiger partial charge in [-0.1, -0.05) is 26.3 Å². The average Bonchev–Trinajstić information content (AvgIpc) is 2.36. The third-order valence-electron chi connectivity index (χ3n) is 3.93. The fraction of sp³-hybridized carbons (Fsp3) is 0.688. The average molecular weight is 261 g/mol. The Morgan fingerprint density at radius 3 is 2.63 bits per heavy atom. The Hall–Kier alpha value is -1.09. The van der Waals surface area contributed by atoms with Gasteiger partial charge in [-0.25, -0.2) is 4.98 Å². The molecule has 3 heteroatoms. The van der Waals surface area contributed by atoms with E-state index in [1.807, 2.05) is 6.20 Å². The molecule has 0 unspecified atom stereocenters. The molecular formula is C16H27N3. The number of rotatable bonds is 7. The van der Waals surface area contributed by atoms with Crippen molar-refractivity contribution in [3.8, 4) is 0 Å². The molecule has 19 heavy (non-hydrogen) atoms. The van der Waals surface area contributed by atoms with Crippen LogP contribution in [0.1, 0.15) is 45.6 Å². The Balaban J connectivity index is 1.91. The van der Waals surface area contributed by atoms with Crippen molar-refractivity contribution < 1.29 is 0 Å². The molecule has 0 atom stereocenters. The van der Waals surface area contributed by atoms with Gasteiger partial charge in [0.2, 0.25) is 0 Å². The number of hydrogen-bond donors (Lipinski definition) is 1. The van der Waals surface area contributed by atoms with Gasteiger partial charge in [-0.2, -0.15) is 0 Å². The lowest BCUT2D eigenvalue weighted by Gasteiger charge is -2.32. The van der Waals surface area contributed by atoms with E-state index in [0.29, 0.717) is 6.04 Å². The Morgan fingerprint density at radius 2 is 2.16 bits per heavy atom. The van der Waals surface area contributed by atoms with Crippen LogP contribution in [0.15, 0.2) is 18.3 Å². The third-order valence-corrected chi connectivity index (χ3v) is 3.93. The molecule has 1 saturated carbocycles. The van der Waals surface area contributed by atoms with Crippen LogP contribution in [-0.2, 0) is 6.54 Å². The highest BCUT2D eigenvalue weighted by Gasteiger charge is 2.20. The lowest BCUT2D eigenvalue weighted by atomic mass is 9.85. The van der Waals surface area contributed by atoms with Crippen LogP contribution in [0.3, 0.4) is 0 Å². The van der Waals surface area contributed by atoms with E-state index in [0.717, 1.165) is 24.8 Å². The van der Waals surface area contributed by atoms with Gasteiger partial charge in [-0.05, 0) is 37.3 Å². The van der Waals surface area contributed by atoms with E-state index >= 15 is 0 Å². The van der Waals surface area contributed by atoms with E-state index in [2.05, 4.69) is 48.1 Å². The van der Waals surface area contributed by atoms with Gasteiger partial charge in [0.25, 0.3) is 0 Å². The molecule has 0 aliphatic heterocycles. The highest BCUT2D eigenvalue weighted by Crippen LogP contribution is 2.28. The van der Waals surface area contributed by atoms with E-state index in [4.69, 9.17) is 0 Å². The van der Waals surface area contributed by atoms with Gasteiger partial charge in [0.15, 0.2) is 0 Å². The molecule has 0 bridgehead atoms. The van der Waals surface area contributed by atoms with Crippen LogP contribution in [0.4, 0.5) is 5.82 Å². The Kier molecular flexibility index (Phi) is 5.20. The van der Waals surface area contributed by atoms with Crippen molar-refractivity contribution in [1.29, 1.82) is 0 Å². The van der Waals surface area contributed by atoms with Gasteiger partial charge in [-0.15, -0.1) is 0 Å². The summed E-state index contributed by atoms with van der Waals surface area (Å²) in [5, 5.41) is 3.42. The summed E-state index contributed by atoms with van der Waals surface area (Å²) in [6.45, 7) is 9.67. The molecule has 0 radical (unpaired) electrons. The topological polar surface area (TPSA) is 28.2 Å². The van der Waals surface area contributed by atoms with Crippen molar-refractivity contribution >= 4 is 5.82 Å². The van der Waals surface area contributed by atoms with Gasteiger partial charge < -0.3 is 10.2 Å². The number of nitrogens with one attached hydrogen (secondary N) is 1. The van der Waals surface area contributed by atoms with Crippen LogP contribution in [-0.4, -0.2) is 24.1 Å². The Bertz CT molecular complexity index is 368. The number of nitrogens with zero attached hydrogens (tertiary/aromatic N) is 2. The summed E-state index contributed by atoms with van der Waals surface area (Å²) >= 11 is 0. The summed E-state index contributed by atoms with van der Waals surface area (Å²) < 4.78 is 0. The molecule has 1 heterocycles. The maximum absolute atomic E-state index is 4.63. The van der Waals surface area contributed by atoms with E-state index in [1.54, 1.807) is 0 Å². The number of anilines is 1. The molecule has 1 fully saturated rings. The normalized spacial score (nSPS) is 15.6. The van der Waals surface area contributed by atoms with Crippen LogP contribution in [0.5, 0.6) is 0 Å². The molecule has 1 aromatic rings. The molecule has 0 amide bonds. The highest BCUT2D eigenvalue weighted by atomic mass is 15.2. The second-order valence-corrected chi connectivity index (χ2v) is 5.90. The second kappa shape index (κ2) is 6.90. The minimum Gasteiger partial charge on any atom is -0.357 e. The number of hydrogen-bond acceptors (Lipinski definition) is 3. The predicted octanol–water partition coefficient (Wildman–Crippen LogP) is 3.21. The number of aromatic nitrogens is 1. The SMILES string of the molecule is CCN(CC1CCC1)c1ccc(CNC(C)C)cn1. The number of pyridine rings is 1. The monoisotopic (exact) mass is 261 g/mol. The summed E-state index contributed by atoms with van der Waals surface area (Å²) in [6.07, 6.45) is 6.21. The first-order valence-corrected chi connectivity index (χ1v) is 7.62. The van der Waals surface area contributed by atoms with Gasteiger partial charge in [0, 0.05) is 31.9 Å². The van der Waals surface area contributed by atoms with Gasteiger partial charge >= 0.3 is 0 Å². The molecule has 0 spiro atoms. The van der Waals surface area contributed by atoms with Crippen molar-refractivity contribution in [2.75, 3.05) is 18.0 Å². The molecule has 0 aromatic carbocycles. The summed E-state index contributed by atoms with van der Waals surface area (Å²) in [7, 11) is 0. The van der Waals surface area contributed by atoms with Crippen LogP contribution >= 0.6 is 0 Å². The zero-order chi connectivity index (χ0) is 13.7. The predicted molar refractivity (Wildman–Crippen MR) is 81.4 cm³/mol. The first kappa shape index (κ1) is 14.3. The zero-order valence-corrected chi connectivity index (χ0v) is 12.5. The van der Waals surface area contributed by atoms with Gasteiger partial charge in [0.05, 0.1) is 0 Å². The standard InChI is InChI=1S/C16H27N3/c1-4-19(12-14-6-5-7-14)16-9-8-15(11-18-16)10-17-13(2)3/h8-9,11,13-14,17H,4-7,10,12H2,1-3H3. The maximum atomic E-state index is 4.63. The lowest BCUT2D eigenvalue weighted by molar-refractivity contribution is 0.318. The first-order valence-electron chi connectivity index (χ1n) is 7.62. The highest BCUT2D eigenvalue weighted by molar-refractivity contribution is 5.39. The summed E-state index contributed by atoms with van der Waals surface area (Å²) in [6, 6.07) is 4.88. The Morgan fingerprint density at radius 1 is 1.37 bits per heavy atom. The van der Waals surface area contributed by atoms with Gasteiger partial charge in [0.1, 0.15) is 5.82 Å². The molecule has 2 rings (SSSR count). The Labute approximate surface area is 117 Å². The minimum absolute atomic E-state index is 0.519. The minimum atomic E-state index is 0.519. The zero-order valence-electron chi connectivity index (χ0n) is 12.5. The molecule has 3 nitrogen and oxygen atoms in total. The van der Waals surface area contributed by atoms with E-state index < -0.39 is 0 Å². The van der Waals surface area contributed by atoms with Crippen LogP contribution in [0.2, 0.25) is 0 Å². The maximum Gasteiger partial charge on any atom is 0.128 e. The van der Waals surface area contributed by atoms with Crippen molar-refractivity contribution in [3.05, 3.63) is 23.9 Å². The smallest absolute Gasteiger partial charge is 0.128 e. The van der Waals surface area contributed by atoms with Crippen molar-refractivity contribution in [2.45, 2.75) is 52.6 Å². The van der Waals surface area contributed by atoms with Crippen molar-refractivity contribution in [1.82, 2.24) is 10.3 Å². The first-order chi connectivity index (χ1) is 9.19. The molecule has 1 aromatic heterocycles. The van der Waals surface area contributed by atoms with E-state index in [1.165, 1.54) is 31.4 Å². The van der Waals surface area contributed by atoms with Crippen LogP contribution in [0, 0.1) is 5.92 Å². The van der Waals surface area contributed by atoms with Crippen LogP contribution < -0.4 is 10.2 Å². The lowest BCUT2D eigenvalue weighted by Crippen LogP contribution is -2.33. The van der Waals surface area contributed by atoms with E-state index in [-0.39, 0.29) is 0 Å². The summed E-state index contributed by atoms with van der Waals surface area (Å²) in [5.74, 6) is 2.02.